The van der Waals surface area contributed by atoms with Gasteiger partial charge in [0.05, 0.1) is 23.7 Å². The molecule has 114 valence electrons. The summed E-state index contributed by atoms with van der Waals surface area (Å²) in [5.41, 5.74) is 0.950. The first-order valence-electron chi connectivity index (χ1n) is 6.72. The minimum Gasteiger partial charge on any atom is -0.491 e. The van der Waals surface area contributed by atoms with Crippen molar-refractivity contribution < 1.29 is 13.2 Å². The first-order valence-corrected chi connectivity index (χ1v) is 8.20. The lowest BCUT2D eigenvalue weighted by Gasteiger charge is -2.14. The van der Waals surface area contributed by atoms with Gasteiger partial charge in [0.25, 0.3) is 10.0 Å². The van der Waals surface area contributed by atoms with Gasteiger partial charge in [-0.2, -0.15) is 5.10 Å². The number of nitrogens with one attached hydrogen (secondary N) is 2. The average molecular weight is 309 g/mol. The monoisotopic (exact) mass is 309 g/mol. The number of nitrogens with zero attached hydrogens (tertiary/aromatic N) is 1. The second kappa shape index (κ2) is 6.17. The van der Waals surface area contributed by atoms with Gasteiger partial charge in [-0.3, -0.25) is 9.82 Å². The van der Waals surface area contributed by atoms with Gasteiger partial charge in [-0.05, 0) is 32.4 Å². The minimum absolute atomic E-state index is 0.0768. The van der Waals surface area contributed by atoms with Crippen LogP contribution in [0.4, 0.5) is 5.69 Å². The van der Waals surface area contributed by atoms with Crippen molar-refractivity contribution >= 4 is 15.7 Å². The van der Waals surface area contributed by atoms with E-state index in [2.05, 4.69) is 14.9 Å². The highest BCUT2D eigenvalue weighted by atomic mass is 32.2. The largest absolute Gasteiger partial charge is 0.491 e. The molecule has 1 heterocycles. The Bertz CT molecular complexity index is 710. The normalized spacial score (nSPS) is 12.9. The molecule has 0 spiro atoms. The molecule has 0 fully saturated rings. The topological polar surface area (TPSA) is 84.1 Å². The van der Waals surface area contributed by atoms with Gasteiger partial charge in [0.1, 0.15) is 10.6 Å². The molecule has 0 aliphatic heterocycles. The highest BCUT2D eigenvalue weighted by Gasteiger charge is 2.18. The molecule has 1 aromatic heterocycles. The minimum atomic E-state index is -3.65. The van der Waals surface area contributed by atoms with Crippen molar-refractivity contribution in [1.82, 2.24) is 10.2 Å². The van der Waals surface area contributed by atoms with Gasteiger partial charge >= 0.3 is 0 Å². The maximum absolute atomic E-state index is 12.3. The van der Waals surface area contributed by atoms with Crippen LogP contribution in [0.1, 0.15) is 26.0 Å². The summed E-state index contributed by atoms with van der Waals surface area (Å²) in [6.45, 7) is 5.65. The second-order valence-electron chi connectivity index (χ2n) is 4.83. The first kappa shape index (κ1) is 15.4. The van der Waals surface area contributed by atoms with Crippen LogP contribution in [-0.4, -0.2) is 24.7 Å². The molecule has 0 aliphatic carbocycles. The smallest absolute Gasteiger partial charge is 0.265 e. The number of H-pyrrole nitrogens is 1. The summed E-state index contributed by atoms with van der Waals surface area (Å²) in [5, 5.41) is 6.34. The Hall–Kier alpha value is -2.02. The molecule has 1 unspecified atom stereocenters. The highest BCUT2D eigenvalue weighted by molar-refractivity contribution is 7.92. The fourth-order valence-corrected chi connectivity index (χ4v) is 2.96. The Labute approximate surface area is 124 Å². The zero-order valence-electron chi connectivity index (χ0n) is 12.3. The summed E-state index contributed by atoms with van der Waals surface area (Å²) >= 11 is 0. The van der Waals surface area contributed by atoms with Crippen LogP contribution in [0.25, 0.3) is 0 Å². The van der Waals surface area contributed by atoms with Crippen LogP contribution in [0.3, 0.4) is 0 Å². The van der Waals surface area contributed by atoms with E-state index in [0.29, 0.717) is 17.1 Å². The summed E-state index contributed by atoms with van der Waals surface area (Å²) < 4.78 is 32.7. The second-order valence-corrected chi connectivity index (χ2v) is 6.48. The van der Waals surface area contributed by atoms with E-state index in [1.807, 2.05) is 13.8 Å². The average Bonchev–Trinajstić information content (AvgIpc) is 2.85. The third-order valence-corrected chi connectivity index (χ3v) is 4.57. The number of sulfonamides is 1. The molecule has 0 saturated carbocycles. The van der Waals surface area contributed by atoms with Gasteiger partial charge in [-0.1, -0.05) is 13.0 Å². The third kappa shape index (κ3) is 3.75. The predicted octanol–water partition coefficient (Wildman–Crippen LogP) is 2.70. The summed E-state index contributed by atoms with van der Waals surface area (Å²) in [6, 6.07) is 6.89. The van der Waals surface area contributed by atoms with Crippen LogP contribution in [0.5, 0.6) is 5.75 Å². The molecule has 1 aromatic carbocycles. The Morgan fingerprint density at radius 3 is 2.81 bits per heavy atom. The molecule has 0 saturated heterocycles. The van der Waals surface area contributed by atoms with Gasteiger partial charge < -0.3 is 4.74 Å². The number of aryl methyl sites for hydroxylation is 1. The fourth-order valence-electron chi connectivity index (χ4n) is 1.77. The lowest BCUT2D eigenvalue weighted by Crippen LogP contribution is -2.14. The molecule has 21 heavy (non-hydrogen) atoms. The molecule has 2 N–H and O–H groups in total. The zero-order valence-corrected chi connectivity index (χ0v) is 13.1. The molecule has 6 nitrogen and oxygen atoms in total. The van der Waals surface area contributed by atoms with E-state index in [1.165, 1.54) is 6.20 Å². The van der Waals surface area contributed by atoms with Crippen LogP contribution in [0, 0.1) is 6.92 Å². The van der Waals surface area contributed by atoms with Crippen molar-refractivity contribution in [2.24, 2.45) is 0 Å². The Morgan fingerprint density at radius 2 is 2.19 bits per heavy atom. The summed E-state index contributed by atoms with van der Waals surface area (Å²) in [4.78, 5) is 0.135. The molecule has 7 heteroatoms. The Morgan fingerprint density at radius 1 is 1.43 bits per heavy atom. The number of aromatic amines is 1. The van der Waals surface area contributed by atoms with Crippen molar-refractivity contribution in [3.05, 3.63) is 36.2 Å². The SMILES string of the molecule is CCC(C)Oc1cccc(NS(=O)(=O)c2cn[nH]c2C)c1. The van der Waals surface area contributed by atoms with Crippen LogP contribution < -0.4 is 9.46 Å². The molecule has 2 aromatic rings. The quantitative estimate of drug-likeness (QED) is 0.859. The molecular weight excluding hydrogens is 290 g/mol. The maximum atomic E-state index is 12.3. The lowest BCUT2D eigenvalue weighted by atomic mass is 10.3. The number of rotatable bonds is 6. The van der Waals surface area contributed by atoms with E-state index >= 15 is 0 Å². The van der Waals surface area contributed by atoms with E-state index in [4.69, 9.17) is 4.74 Å². The van der Waals surface area contributed by atoms with Crippen LogP contribution in [0.2, 0.25) is 0 Å². The van der Waals surface area contributed by atoms with Gasteiger partial charge in [0, 0.05) is 6.07 Å². The number of hydrogen-bond donors (Lipinski definition) is 2. The van der Waals surface area contributed by atoms with Crippen molar-refractivity contribution in [3.63, 3.8) is 0 Å². The van der Waals surface area contributed by atoms with Crippen molar-refractivity contribution in [2.75, 3.05) is 4.72 Å². The highest BCUT2D eigenvalue weighted by Crippen LogP contribution is 2.22. The van der Waals surface area contributed by atoms with E-state index in [0.717, 1.165) is 6.42 Å². The van der Waals surface area contributed by atoms with E-state index in [1.54, 1.807) is 31.2 Å². The molecule has 0 bridgehead atoms. The van der Waals surface area contributed by atoms with E-state index < -0.39 is 10.0 Å². The number of anilines is 1. The van der Waals surface area contributed by atoms with E-state index in [9.17, 15) is 8.42 Å². The van der Waals surface area contributed by atoms with Crippen LogP contribution in [-0.2, 0) is 10.0 Å². The lowest BCUT2D eigenvalue weighted by molar-refractivity contribution is 0.217. The van der Waals surface area contributed by atoms with Crippen molar-refractivity contribution in [3.8, 4) is 5.75 Å². The van der Waals surface area contributed by atoms with Crippen molar-refractivity contribution in [1.29, 1.82) is 0 Å². The molecular formula is C14H19N3O3S. The van der Waals surface area contributed by atoms with Gasteiger partial charge in [0.15, 0.2) is 0 Å². The van der Waals surface area contributed by atoms with Crippen molar-refractivity contribution in [2.45, 2.75) is 38.2 Å². The molecule has 1 atom stereocenters. The number of hydrogen-bond acceptors (Lipinski definition) is 4. The predicted molar refractivity (Wildman–Crippen MR) is 81.0 cm³/mol. The van der Waals surface area contributed by atoms with Gasteiger partial charge in [0.2, 0.25) is 0 Å². The zero-order chi connectivity index (χ0) is 15.5. The summed E-state index contributed by atoms with van der Waals surface area (Å²) in [7, 11) is -3.65. The van der Waals surface area contributed by atoms with Gasteiger partial charge in [-0.15, -0.1) is 0 Å². The van der Waals surface area contributed by atoms with Crippen LogP contribution >= 0.6 is 0 Å². The van der Waals surface area contributed by atoms with E-state index in [-0.39, 0.29) is 11.0 Å². The fraction of sp³-hybridized carbons (Fsp3) is 0.357. The molecule has 0 amide bonds. The Balaban J connectivity index is 2.20. The van der Waals surface area contributed by atoms with Gasteiger partial charge in [-0.25, -0.2) is 8.42 Å². The molecule has 0 aliphatic rings. The standard InChI is InChI=1S/C14H19N3O3S/c1-4-10(2)20-13-7-5-6-12(8-13)17-21(18,19)14-9-15-16-11(14)3/h5-10,17H,4H2,1-3H3,(H,15,16). The van der Waals surface area contributed by atoms with Crippen LogP contribution in [0.15, 0.2) is 35.4 Å². The molecule has 0 radical (unpaired) electrons. The third-order valence-electron chi connectivity index (χ3n) is 3.07. The Kier molecular flexibility index (Phi) is 4.52. The molecule has 2 rings (SSSR count). The maximum Gasteiger partial charge on any atom is 0.265 e. The number of ether oxygens (including phenoxy) is 1. The first-order chi connectivity index (χ1) is 9.92. The number of aromatic nitrogens is 2. The summed E-state index contributed by atoms with van der Waals surface area (Å²) in [6.07, 6.45) is 2.24. The summed E-state index contributed by atoms with van der Waals surface area (Å²) in [5.74, 6) is 0.633. The number of benzene rings is 1.